The first kappa shape index (κ1) is 12.8. The van der Waals surface area contributed by atoms with Gasteiger partial charge in [0, 0.05) is 21.1 Å². The van der Waals surface area contributed by atoms with Gasteiger partial charge in [0.05, 0.1) is 12.6 Å². The number of nitrogens with one attached hydrogen (secondary N) is 1. The molecule has 2 unspecified atom stereocenters. The molecule has 0 aromatic heterocycles. The molecule has 0 heterocycles. The normalized spacial score (nSPS) is 25.9. The van der Waals surface area contributed by atoms with Gasteiger partial charge in [0.15, 0.2) is 6.04 Å². The fourth-order valence-corrected chi connectivity index (χ4v) is 2.10. The van der Waals surface area contributed by atoms with Crippen LogP contribution >= 0.6 is 0 Å². The smallest absolute Gasteiger partial charge is 0.286 e. The highest BCUT2D eigenvalue weighted by atomic mass is 16.7. The second-order valence-corrected chi connectivity index (χ2v) is 3.89. The molecule has 0 amide bonds. The van der Waals surface area contributed by atoms with Crippen LogP contribution in [0.5, 0.6) is 0 Å². The van der Waals surface area contributed by atoms with Gasteiger partial charge in [-0.15, -0.1) is 5.41 Å². The maximum Gasteiger partial charge on any atom is 0.286 e. The van der Waals surface area contributed by atoms with Crippen LogP contribution in [0.15, 0.2) is 24.8 Å². The summed E-state index contributed by atoms with van der Waals surface area (Å²) in [6, 6.07) is -0.120. The van der Waals surface area contributed by atoms with Crippen molar-refractivity contribution in [3.05, 3.63) is 24.8 Å². The van der Waals surface area contributed by atoms with E-state index in [4.69, 9.17) is 14.9 Å². The molecule has 0 saturated heterocycles. The van der Waals surface area contributed by atoms with Crippen LogP contribution in [0, 0.1) is 11.3 Å². The first-order valence-corrected chi connectivity index (χ1v) is 5.02. The van der Waals surface area contributed by atoms with Crippen LogP contribution in [-0.2, 0) is 9.47 Å². The van der Waals surface area contributed by atoms with Crippen molar-refractivity contribution >= 4 is 12.6 Å². The zero-order valence-corrected chi connectivity index (χ0v) is 10.1. The SMILES string of the molecule is C=CC(=C)C1C([N+](=C)C(C)=N)C1(OC)OC. The van der Waals surface area contributed by atoms with E-state index in [9.17, 15) is 0 Å². The molecule has 1 aliphatic rings. The highest BCUT2D eigenvalue weighted by molar-refractivity contribution is 5.69. The van der Waals surface area contributed by atoms with Crippen molar-refractivity contribution in [2.24, 2.45) is 5.92 Å². The number of amidine groups is 1. The predicted molar refractivity (Wildman–Crippen MR) is 64.1 cm³/mol. The summed E-state index contributed by atoms with van der Waals surface area (Å²) in [7, 11) is 3.17. The molecule has 1 saturated carbocycles. The van der Waals surface area contributed by atoms with Crippen LogP contribution in [0.1, 0.15) is 6.92 Å². The van der Waals surface area contributed by atoms with Crippen LogP contribution in [0.3, 0.4) is 0 Å². The Bertz CT molecular complexity index is 356. The molecule has 0 spiro atoms. The van der Waals surface area contributed by atoms with Crippen molar-refractivity contribution in [2.45, 2.75) is 18.8 Å². The molecule has 0 bridgehead atoms. The molecule has 0 aliphatic heterocycles. The van der Waals surface area contributed by atoms with E-state index in [1.807, 2.05) is 0 Å². The van der Waals surface area contributed by atoms with Crippen LogP contribution in [0.25, 0.3) is 0 Å². The van der Waals surface area contributed by atoms with Gasteiger partial charge in [-0.2, -0.15) is 0 Å². The summed E-state index contributed by atoms with van der Waals surface area (Å²) in [5, 5.41) is 7.58. The number of hydrogen-bond acceptors (Lipinski definition) is 3. The van der Waals surface area contributed by atoms with Crippen LogP contribution < -0.4 is 0 Å². The van der Waals surface area contributed by atoms with Crippen molar-refractivity contribution in [2.75, 3.05) is 14.2 Å². The van der Waals surface area contributed by atoms with E-state index in [0.29, 0.717) is 5.84 Å². The predicted octanol–water partition coefficient (Wildman–Crippen LogP) is 1.43. The Balaban J connectivity index is 3.01. The first-order valence-electron chi connectivity index (χ1n) is 5.02. The summed E-state index contributed by atoms with van der Waals surface area (Å²) in [6.07, 6.45) is 1.69. The van der Waals surface area contributed by atoms with E-state index < -0.39 is 5.79 Å². The summed E-state index contributed by atoms with van der Waals surface area (Å²) < 4.78 is 12.4. The molecule has 16 heavy (non-hydrogen) atoms. The van der Waals surface area contributed by atoms with Crippen molar-refractivity contribution in [1.29, 1.82) is 5.41 Å². The number of allylic oxidation sites excluding steroid dienone is 1. The lowest BCUT2D eigenvalue weighted by molar-refractivity contribution is -0.442. The lowest BCUT2D eigenvalue weighted by atomic mass is 10.2. The van der Waals surface area contributed by atoms with Gasteiger partial charge in [-0.05, 0) is 5.57 Å². The molecule has 1 aliphatic carbocycles. The fraction of sp³-hybridized carbons (Fsp3) is 0.500. The number of methoxy groups -OCH3 is 2. The molecule has 4 heteroatoms. The van der Waals surface area contributed by atoms with Gasteiger partial charge >= 0.3 is 0 Å². The van der Waals surface area contributed by atoms with Gasteiger partial charge in [-0.25, -0.2) is 4.58 Å². The van der Waals surface area contributed by atoms with Gasteiger partial charge < -0.3 is 9.47 Å². The zero-order chi connectivity index (χ0) is 12.5. The number of ether oxygens (including phenoxy) is 2. The van der Waals surface area contributed by atoms with Gasteiger partial charge in [0.2, 0.25) is 5.79 Å². The van der Waals surface area contributed by atoms with Gasteiger partial charge in [0.25, 0.3) is 5.84 Å². The monoisotopic (exact) mass is 223 g/mol. The minimum atomic E-state index is -0.755. The average Bonchev–Trinajstić information content (AvgIpc) is 2.96. The summed E-state index contributed by atoms with van der Waals surface area (Å²) in [5.74, 6) is -0.421. The Morgan fingerprint density at radius 1 is 1.44 bits per heavy atom. The second kappa shape index (κ2) is 4.31. The molecule has 0 aromatic carbocycles. The molecule has 4 nitrogen and oxygen atoms in total. The molecule has 1 N–H and O–H groups in total. The largest absolute Gasteiger partial charge is 0.349 e. The van der Waals surface area contributed by atoms with Gasteiger partial charge in [-0.3, -0.25) is 0 Å². The maximum atomic E-state index is 7.58. The Hall–Kier alpha value is -1.26. The molecular weight excluding hydrogens is 204 g/mol. The standard InChI is InChI=1S/C12H19N2O2/c1-7-8(2)10-11(14(4)9(3)13)12(10,15-5)16-6/h7,10-11,13H,1-2,4H2,3,5-6H3/q+1. The Labute approximate surface area is 96.4 Å². The van der Waals surface area contributed by atoms with E-state index in [1.54, 1.807) is 31.8 Å². The summed E-state index contributed by atoms with van der Waals surface area (Å²) >= 11 is 0. The molecule has 2 atom stereocenters. The highest BCUT2D eigenvalue weighted by Crippen LogP contribution is 2.53. The summed E-state index contributed by atoms with van der Waals surface area (Å²) in [6.45, 7) is 13.1. The number of nitrogens with zero attached hydrogens (tertiary/aromatic N) is 1. The molecule has 0 radical (unpaired) electrons. The Morgan fingerprint density at radius 3 is 2.25 bits per heavy atom. The van der Waals surface area contributed by atoms with Gasteiger partial charge in [0.1, 0.15) is 0 Å². The second-order valence-electron chi connectivity index (χ2n) is 3.89. The quantitative estimate of drug-likeness (QED) is 0.252. The molecular formula is C12H19N2O2+. The molecule has 1 fully saturated rings. The minimum Gasteiger partial charge on any atom is -0.349 e. The van der Waals surface area contributed by atoms with Crippen molar-refractivity contribution in [1.82, 2.24) is 0 Å². The average molecular weight is 223 g/mol. The molecule has 1 rings (SSSR count). The first-order chi connectivity index (χ1) is 7.46. The third kappa shape index (κ3) is 1.64. The minimum absolute atomic E-state index is 0.0298. The van der Waals surface area contributed by atoms with Crippen LogP contribution in [0.4, 0.5) is 0 Å². The number of hydrogen-bond donors (Lipinski definition) is 1. The van der Waals surface area contributed by atoms with E-state index in [1.165, 1.54) is 0 Å². The van der Waals surface area contributed by atoms with Crippen molar-refractivity contribution < 1.29 is 14.0 Å². The van der Waals surface area contributed by atoms with E-state index in [2.05, 4.69) is 19.9 Å². The van der Waals surface area contributed by atoms with E-state index >= 15 is 0 Å². The molecule has 88 valence electrons. The van der Waals surface area contributed by atoms with E-state index in [-0.39, 0.29) is 12.0 Å². The Morgan fingerprint density at radius 2 is 1.94 bits per heavy atom. The lowest BCUT2D eigenvalue weighted by Crippen LogP contribution is -2.29. The Kier molecular flexibility index (Phi) is 3.45. The topological polar surface area (TPSA) is 45.3 Å². The number of rotatable bonds is 5. The third-order valence-electron chi connectivity index (χ3n) is 3.12. The summed E-state index contributed by atoms with van der Waals surface area (Å²) in [5.41, 5.74) is 0.837. The third-order valence-corrected chi connectivity index (χ3v) is 3.12. The van der Waals surface area contributed by atoms with Gasteiger partial charge in [-0.1, -0.05) is 19.2 Å². The zero-order valence-electron chi connectivity index (χ0n) is 10.1. The van der Waals surface area contributed by atoms with Crippen molar-refractivity contribution in [3.8, 4) is 0 Å². The fourth-order valence-electron chi connectivity index (χ4n) is 2.10. The highest BCUT2D eigenvalue weighted by Gasteiger charge is 2.72. The van der Waals surface area contributed by atoms with Crippen LogP contribution in [-0.4, -0.2) is 43.2 Å². The van der Waals surface area contributed by atoms with Crippen molar-refractivity contribution in [3.63, 3.8) is 0 Å². The molecule has 0 aromatic rings. The van der Waals surface area contributed by atoms with Crippen LogP contribution in [0.2, 0.25) is 0 Å². The maximum absolute atomic E-state index is 7.58. The van der Waals surface area contributed by atoms with E-state index in [0.717, 1.165) is 5.57 Å². The lowest BCUT2D eigenvalue weighted by Gasteiger charge is -2.13. The summed E-state index contributed by atoms with van der Waals surface area (Å²) in [4.78, 5) is 0.